The smallest absolute Gasteiger partial charge is 0.0724 e. The second-order valence-electron chi connectivity index (χ2n) is 5.07. The van der Waals surface area contributed by atoms with Gasteiger partial charge in [-0.3, -0.25) is 0 Å². The van der Waals surface area contributed by atoms with Crippen molar-refractivity contribution in [1.82, 2.24) is 5.32 Å². The number of nitrogens with one attached hydrogen (secondary N) is 1. The number of rotatable bonds is 3. The molecular weight excluding hydrogens is 218 g/mol. The first-order valence-corrected chi connectivity index (χ1v) is 7.92. The van der Waals surface area contributed by atoms with Gasteiger partial charge in [0.15, 0.2) is 0 Å². The van der Waals surface area contributed by atoms with Gasteiger partial charge < -0.3 is 10.1 Å². The zero-order valence-electron chi connectivity index (χ0n) is 10.4. The summed E-state index contributed by atoms with van der Waals surface area (Å²) in [6.45, 7) is 0. The second kappa shape index (κ2) is 6.87. The van der Waals surface area contributed by atoms with E-state index in [1.807, 2.05) is 7.11 Å². The Bertz CT molecular complexity index is 194. The molecule has 0 bridgehead atoms. The van der Waals surface area contributed by atoms with Crippen LogP contribution in [0.5, 0.6) is 0 Å². The van der Waals surface area contributed by atoms with Crippen molar-refractivity contribution in [3.8, 4) is 0 Å². The number of ether oxygens (including phenoxy) is 1. The maximum Gasteiger partial charge on any atom is 0.0724 e. The Balaban J connectivity index is 1.83. The van der Waals surface area contributed by atoms with E-state index in [1.54, 1.807) is 0 Å². The molecule has 0 spiro atoms. The monoisotopic (exact) mass is 243 g/mol. The summed E-state index contributed by atoms with van der Waals surface area (Å²) in [5, 5.41) is 3.86. The lowest BCUT2D eigenvalue weighted by Gasteiger charge is -2.31. The maximum absolute atomic E-state index is 5.66. The second-order valence-corrected chi connectivity index (χ2v) is 6.30. The molecule has 2 rings (SSSR count). The Morgan fingerprint density at radius 2 is 1.75 bits per heavy atom. The van der Waals surface area contributed by atoms with Gasteiger partial charge >= 0.3 is 0 Å². The van der Waals surface area contributed by atoms with Crippen molar-refractivity contribution in [2.45, 2.75) is 63.1 Å². The van der Waals surface area contributed by atoms with Gasteiger partial charge in [0.2, 0.25) is 0 Å². The minimum atomic E-state index is 0.456. The highest BCUT2D eigenvalue weighted by Gasteiger charge is 2.26. The maximum atomic E-state index is 5.66. The van der Waals surface area contributed by atoms with E-state index in [4.69, 9.17) is 4.74 Å². The van der Waals surface area contributed by atoms with Gasteiger partial charge in [-0.05, 0) is 37.2 Å². The SMILES string of the molecule is COC1CCCCCC1NC1CCSCC1. The lowest BCUT2D eigenvalue weighted by Crippen LogP contribution is -2.46. The summed E-state index contributed by atoms with van der Waals surface area (Å²) >= 11 is 2.10. The van der Waals surface area contributed by atoms with Crippen molar-refractivity contribution < 1.29 is 4.74 Å². The van der Waals surface area contributed by atoms with Crippen LogP contribution in [0.25, 0.3) is 0 Å². The standard InChI is InChI=1S/C13H25NOS/c1-15-13-6-4-2-3-5-12(13)14-11-7-9-16-10-8-11/h11-14H,2-10H2,1H3. The Morgan fingerprint density at radius 1 is 1.00 bits per heavy atom. The van der Waals surface area contributed by atoms with Crippen LogP contribution in [0.3, 0.4) is 0 Å². The molecule has 2 nitrogen and oxygen atoms in total. The number of hydrogen-bond donors (Lipinski definition) is 1. The van der Waals surface area contributed by atoms with Gasteiger partial charge in [-0.25, -0.2) is 0 Å². The highest BCUT2D eigenvalue weighted by molar-refractivity contribution is 7.99. The van der Waals surface area contributed by atoms with E-state index in [0.29, 0.717) is 12.1 Å². The molecule has 2 aliphatic rings. The van der Waals surface area contributed by atoms with Gasteiger partial charge in [-0.1, -0.05) is 19.3 Å². The quantitative estimate of drug-likeness (QED) is 0.770. The average molecular weight is 243 g/mol. The van der Waals surface area contributed by atoms with Crippen LogP contribution in [-0.2, 0) is 4.74 Å². The molecule has 0 aromatic rings. The Kier molecular flexibility index (Phi) is 5.46. The van der Waals surface area contributed by atoms with E-state index in [1.165, 1.54) is 56.5 Å². The van der Waals surface area contributed by atoms with Gasteiger partial charge in [0, 0.05) is 19.2 Å². The largest absolute Gasteiger partial charge is 0.380 e. The van der Waals surface area contributed by atoms with Gasteiger partial charge in [-0.15, -0.1) is 0 Å². The minimum absolute atomic E-state index is 0.456. The zero-order chi connectivity index (χ0) is 11.2. The van der Waals surface area contributed by atoms with Crippen molar-refractivity contribution in [1.29, 1.82) is 0 Å². The lowest BCUT2D eigenvalue weighted by atomic mass is 10.0. The molecule has 2 atom stereocenters. The molecule has 94 valence electrons. The van der Waals surface area contributed by atoms with Gasteiger partial charge in [-0.2, -0.15) is 11.8 Å². The molecule has 3 heteroatoms. The fraction of sp³-hybridized carbons (Fsp3) is 1.00. The van der Waals surface area contributed by atoms with E-state index in [0.717, 1.165) is 6.04 Å². The van der Waals surface area contributed by atoms with Crippen LogP contribution >= 0.6 is 11.8 Å². The van der Waals surface area contributed by atoms with Crippen LogP contribution in [0.1, 0.15) is 44.9 Å². The number of thioether (sulfide) groups is 1. The Morgan fingerprint density at radius 3 is 2.50 bits per heavy atom. The van der Waals surface area contributed by atoms with Crippen molar-refractivity contribution in [3.63, 3.8) is 0 Å². The number of hydrogen-bond acceptors (Lipinski definition) is 3. The first-order valence-electron chi connectivity index (χ1n) is 6.76. The van der Waals surface area contributed by atoms with Gasteiger partial charge in [0.1, 0.15) is 0 Å². The third-order valence-electron chi connectivity index (χ3n) is 3.93. The van der Waals surface area contributed by atoms with Crippen LogP contribution in [0, 0.1) is 0 Å². The lowest BCUT2D eigenvalue weighted by molar-refractivity contribution is 0.0585. The normalized spacial score (nSPS) is 33.6. The molecule has 0 amide bonds. The van der Waals surface area contributed by atoms with Crippen molar-refractivity contribution in [2.75, 3.05) is 18.6 Å². The fourth-order valence-corrected chi connectivity index (χ4v) is 4.02. The molecule has 0 aromatic carbocycles. The summed E-state index contributed by atoms with van der Waals surface area (Å²) in [6.07, 6.45) is 9.80. The van der Waals surface area contributed by atoms with Crippen LogP contribution < -0.4 is 5.32 Å². The summed E-state index contributed by atoms with van der Waals surface area (Å²) in [6, 6.07) is 1.36. The number of methoxy groups -OCH3 is 1. The van der Waals surface area contributed by atoms with Crippen molar-refractivity contribution >= 4 is 11.8 Å². The summed E-state index contributed by atoms with van der Waals surface area (Å²) < 4.78 is 5.66. The summed E-state index contributed by atoms with van der Waals surface area (Å²) in [7, 11) is 1.88. The molecule has 2 unspecified atom stereocenters. The first-order chi connectivity index (χ1) is 7.90. The highest BCUT2D eigenvalue weighted by Crippen LogP contribution is 2.23. The molecule has 1 N–H and O–H groups in total. The van der Waals surface area contributed by atoms with Crippen molar-refractivity contribution in [3.05, 3.63) is 0 Å². The summed E-state index contributed by atoms with van der Waals surface area (Å²) in [5.74, 6) is 2.67. The van der Waals surface area contributed by atoms with Crippen LogP contribution in [0.2, 0.25) is 0 Å². The third kappa shape index (κ3) is 3.64. The molecule has 1 aliphatic heterocycles. The molecule has 1 heterocycles. The van der Waals surface area contributed by atoms with Crippen LogP contribution in [-0.4, -0.2) is 36.8 Å². The molecule has 1 saturated heterocycles. The molecular formula is C13H25NOS. The Labute approximate surface area is 104 Å². The van der Waals surface area contributed by atoms with Crippen molar-refractivity contribution in [2.24, 2.45) is 0 Å². The highest BCUT2D eigenvalue weighted by atomic mass is 32.2. The fourth-order valence-electron chi connectivity index (χ4n) is 2.91. The minimum Gasteiger partial charge on any atom is -0.380 e. The molecule has 0 aromatic heterocycles. The van der Waals surface area contributed by atoms with Gasteiger partial charge in [0.05, 0.1) is 6.10 Å². The summed E-state index contributed by atoms with van der Waals surface area (Å²) in [4.78, 5) is 0. The average Bonchev–Trinajstić information content (AvgIpc) is 2.55. The molecule has 0 radical (unpaired) electrons. The topological polar surface area (TPSA) is 21.3 Å². The van der Waals surface area contributed by atoms with E-state index >= 15 is 0 Å². The molecule has 16 heavy (non-hydrogen) atoms. The van der Waals surface area contributed by atoms with E-state index in [-0.39, 0.29) is 0 Å². The first kappa shape index (κ1) is 12.7. The van der Waals surface area contributed by atoms with E-state index < -0.39 is 0 Å². The summed E-state index contributed by atoms with van der Waals surface area (Å²) in [5.41, 5.74) is 0. The van der Waals surface area contributed by atoms with Gasteiger partial charge in [0.25, 0.3) is 0 Å². The predicted octanol–water partition coefficient (Wildman–Crippen LogP) is 2.82. The molecule has 1 aliphatic carbocycles. The van der Waals surface area contributed by atoms with E-state index in [9.17, 15) is 0 Å². The molecule has 2 fully saturated rings. The third-order valence-corrected chi connectivity index (χ3v) is 4.98. The molecule has 1 saturated carbocycles. The predicted molar refractivity (Wildman–Crippen MR) is 71.2 cm³/mol. The zero-order valence-corrected chi connectivity index (χ0v) is 11.2. The van der Waals surface area contributed by atoms with Crippen LogP contribution in [0.4, 0.5) is 0 Å². The van der Waals surface area contributed by atoms with Crippen LogP contribution in [0.15, 0.2) is 0 Å². The van der Waals surface area contributed by atoms with E-state index in [2.05, 4.69) is 17.1 Å². The Hall–Kier alpha value is 0.270.